The molecule has 19 heavy (non-hydrogen) atoms. The van der Waals surface area contributed by atoms with Gasteiger partial charge in [-0.15, -0.1) is 0 Å². The maximum Gasteiger partial charge on any atom is 0.303 e. The van der Waals surface area contributed by atoms with Gasteiger partial charge in [0.25, 0.3) is 5.69 Å². The highest BCUT2D eigenvalue weighted by Crippen LogP contribution is 2.30. The number of benzene rings is 1. The molecule has 0 radical (unpaired) electrons. The third-order valence-electron chi connectivity index (χ3n) is 3.17. The van der Waals surface area contributed by atoms with Crippen molar-refractivity contribution in [2.45, 2.75) is 13.0 Å². The lowest BCUT2D eigenvalue weighted by Crippen LogP contribution is -2.46. The number of hydrogen-bond donors (Lipinski definition) is 1. The van der Waals surface area contributed by atoms with Gasteiger partial charge in [0.2, 0.25) is 0 Å². The van der Waals surface area contributed by atoms with Crippen LogP contribution in [0.5, 0.6) is 0 Å². The van der Waals surface area contributed by atoms with Crippen molar-refractivity contribution in [1.29, 1.82) is 0 Å². The van der Waals surface area contributed by atoms with E-state index in [0.717, 1.165) is 0 Å². The van der Waals surface area contributed by atoms with Crippen LogP contribution in [0, 0.1) is 16.0 Å². The predicted octanol–water partition coefficient (Wildman–Crippen LogP) is 2.15. The summed E-state index contributed by atoms with van der Waals surface area (Å²) in [4.78, 5) is 23.0. The minimum atomic E-state index is -0.812. The van der Waals surface area contributed by atoms with Crippen molar-refractivity contribution < 1.29 is 14.8 Å². The normalized spacial score (nSPS) is 16.1. The van der Waals surface area contributed by atoms with Crippen LogP contribution in [0.4, 0.5) is 5.69 Å². The smallest absolute Gasteiger partial charge is 0.303 e. The van der Waals surface area contributed by atoms with Crippen molar-refractivity contribution >= 4 is 23.3 Å². The van der Waals surface area contributed by atoms with Crippen LogP contribution in [0.25, 0.3) is 0 Å². The number of halogens is 1. The molecule has 1 aromatic carbocycles. The summed E-state index contributed by atoms with van der Waals surface area (Å²) in [6.45, 7) is 1.65. The number of likely N-dealkylation sites (tertiary alicyclic amines) is 1. The second-order valence-corrected chi connectivity index (χ2v) is 5.06. The van der Waals surface area contributed by atoms with Gasteiger partial charge < -0.3 is 5.11 Å². The van der Waals surface area contributed by atoms with Crippen LogP contribution >= 0.6 is 11.6 Å². The lowest BCUT2D eigenvalue weighted by molar-refractivity contribution is -0.385. The SMILES string of the molecule is O=C(O)CC1CN(Cc2c(Cl)cccc2[N+](=O)[O-])C1. The standard InChI is InChI=1S/C12H13ClN2O4/c13-10-2-1-3-11(15(18)19)9(10)7-14-5-8(6-14)4-12(16)17/h1-3,8H,4-7H2,(H,16,17). The third-order valence-corrected chi connectivity index (χ3v) is 3.52. The Kier molecular flexibility index (Phi) is 4.01. The van der Waals surface area contributed by atoms with Crippen LogP contribution < -0.4 is 0 Å². The van der Waals surface area contributed by atoms with E-state index < -0.39 is 10.9 Å². The first-order chi connectivity index (χ1) is 8.97. The van der Waals surface area contributed by atoms with Gasteiger partial charge in [-0.25, -0.2) is 0 Å². The lowest BCUT2D eigenvalue weighted by atomic mass is 9.95. The molecule has 1 fully saturated rings. The highest BCUT2D eigenvalue weighted by Gasteiger charge is 2.30. The fourth-order valence-electron chi connectivity index (χ4n) is 2.28. The second-order valence-electron chi connectivity index (χ2n) is 4.65. The van der Waals surface area contributed by atoms with E-state index in [1.54, 1.807) is 12.1 Å². The van der Waals surface area contributed by atoms with E-state index in [-0.39, 0.29) is 18.0 Å². The number of rotatable bonds is 5. The molecule has 0 saturated carbocycles. The molecule has 7 heteroatoms. The molecule has 1 aromatic rings. The number of nitrogens with zero attached hydrogens (tertiary/aromatic N) is 2. The minimum Gasteiger partial charge on any atom is -0.481 e. The summed E-state index contributed by atoms with van der Waals surface area (Å²) in [6, 6.07) is 4.60. The Morgan fingerprint density at radius 2 is 2.21 bits per heavy atom. The third kappa shape index (κ3) is 3.21. The van der Waals surface area contributed by atoms with Gasteiger partial charge in [-0.05, 0) is 12.0 Å². The summed E-state index contributed by atoms with van der Waals surface area (Å²) in [5.41, 5.74) is 0.497. The fraction of sp³-hybridized carbons (Fsp3) is 0.417. The molecule has 0 spiro atoms. The van der Waals surface area contributed by atoms with Gasteiger partial charge >= 0.3 is 5.97 Å². The van der Waals surface area contributed by atoms with E-state index in [4.69, 9.17) is 16.7 Å². The van der Waals surface area contributed by atoms with Crippen LogP contribution in [0.3, 0.4) is 0 Å². The summed E-state index contributed by atoms with van der Waals surface area (Å²) < 4.78 is 0. The van der Waals surface area contributed by atoms with Crippen LogP contribution in [0.15, 0.2) is 18.2 Å². The van der Waals surface area contributed by atoms with Crippen LogP contribution in [-0.4, -0.2) is 34.0 Å². The molecular weight excluding hydrogens is 272 g/mol. The monoisotopic (exact) mass is 284 g/mol. The molecule has 0 unspecified atom stereocenters. The topological polar surface area (TPSA) is 83.7 Å². The van der Waals surface area contributed by atoms with Crippen LogP contribution in [0.2, 0.25) is 5.02 Å². The summed E-state index contributed by atoms with van der Waals surface area (Å²) in [7, 11) is 0. The summed E-state index contributed by atoms with van der Waals surface area (Å²) in [6.07, 6.45) is 0.140. The Morgan fingerprint density at radius 3 is 2.79 bits per heavy atom. The molecular formula is C12H13ClN2O4. The molecule has 1 aliphatic heterocycles. The van der Waals surface area contributed by atoms with E-state index in [1.165, 1.54) is 6.07 Å². The molecule has 0 atom stereocenters. The summed E-state index contributed by atoms with van der Waals surface area (Å²) >= 11 is 5.99. The number of carboxylic acid groups (broad SMARTS) is 1. The Hall–Kier alpha value is -1.66. The quantitative estimate of drug-likeness (QED) is 0.661. The summed E-state index contributed by atoms with van der Waals surface area (Å²) in [5, 5.41) is 20.0. The van der Waals surface area contributed by atoms with Crippen LogP contribution in [-0.2, 0) is 11.3 Å². The predicted molar refractivity (Wildman–Crippen MR) is 69.1 cm³/mol. The number of carboxylic acids is 1. The molecule has 0 aromatic heterocycles. The summed E-state index contributed by atoms with van der Waals surface area (Å²) in [5.74, 6) is -0.688. The van der Waals surface area contributed by atoms with Crippen molar-refractivity contribution in [3.63, 3.8) is 0 Å². The molecule has 6 nitrogen and oxygen atoms in total. The van der Waals surface area contributed by atoms with Crippen molar-refractivity contribution in [3.8, 4) is 0 Å². The molecule has 0 amide bonds. The maximum absolute atomic E-state index is 10.9. The van der Waals surface area contributed by atoms with Crippen molar-refractivity contribution in [1.82, 2.24) is 4.90 Å². The van der Waals surface area contributed by atoms with E-state index in [0.29, 0.717) is 30.2 Å². The van der Waals surface area contributed by atoms with Crippen molar-refractivity contribution in [3.05, 3.63) is 38.9 Å². The highest BCUT2D eigenvalue weighted by atomic mass is 35.5. The average Bonchev–Trinajstić information content (AvgIpc) is 2.27. The molecule has 102 valence electrons. The Labute approximate surface area is 114 Å². The van der Waals surface area contributed by atoms with E-state index >= 15 is 0 Å². The molecule has 1 N–H and O–H groups in total. The number of aliphatic carboxylic acids is 1. The largest absolute Gasteiger partial charge is 0.481 e. The number of hydrogen-bond acceptors (Lipinski definition) is 4. The number of carbonyl (C=O) groups is 1. The molecule has 2 rings (SSSR count). The van der Waals surface area contributed by atoms with Gasteiger partial charge in [-0.2, -0.15) is 0 Å². The Balaban J connectivity index is 2.01. The Morgan fingerprint density at radius 1 is 1.53 bits per heavy atom. The van der Waals surface area contributed by atoms with Gasteiger partial charge in [0.05, 0.1) is 21.9 Å². The van der Waals surface area contributed by atoms with Gasteiger partial charge in [-0.3, -0.25) is 19.8 Å². The molecule has 1 aliphatic rings. The zero-order valence-electron chi connectivity index (χ0n) is 10.1. The fourth-order valence-corrected chi connectivity index (χ4v) is 2.51. The van der Waals surface area contributed by atoms with E-state index in [1.807, 2.05) is 4.90 Å². The van der Waals surface area contributed by atoms with Crippen molar-refractivity contribution in [2.75, 3.05) is 13.1 Å². The lowest BCUT2D eigenvalue weighted by Gasteiger charge is -2.38. The van der Waals surface area contributed by atoms with Gasteiger partial charge in [-0.1, -0.05) is 17.7 Å². The second kappa shape index (κ2) is 5.54. The van der Waals surface area contributed by atoms with Crippen LogP contribution in [0.1, 0.15) is 12.0 Å². The number of nitro benzene ring substituents is 1. The molecule has 1 heterocycles. The van der Waals surface area contributed by atoms with Gasteiger partial charge in [0.1, 0.15) is 0 Å². The van der Waals surface area contributed by atoms with E-state index in [2.05, 4.69) is 0 Å². The van der Waals surface area contributed by atoms with Crippen molar-refractivity contribution in [2.24, 2.45) is 5.92 Å². The minimum absolute atomic E-state index is 0.00850. The van der Waals surface area contributed by atoms with Gasteiger partial charge in [0, 0.05) is 25.7 Å². The molecule has 1 saturated heterocycles. The Bertz CT molecular complexity index is 514. The zero-order valence-corrected chi connectivity index (χ0v) is 10.8. The first-order valence-electron chi connectivity index (χ1n) is 5.83. The number of nitro groups is 1. The van der Waals surface area contributed by atoms with E-state index in [9.17, 15) is 14.9 Å². The highest BCUT2D eigenvalue weighted by molar-refractivity contribution is 6.31. The molecule has 0 aliphatic carbocycles. The average molecular weight is 285 g/mol. The van der Waals surface area contributed by atoms with Gasteiger partial charge in [0.15, 0.2) is 0 Å². The first-order valence-corrected chi connectivity index (χ1v) is 6.21. The molecule has 0 bridgehead atoms. The maximum atomic E-state index is 10.9. The zero-order chi connectivity index (χ0) is 14.0. The first kappa shape index (κ1) is 13.8.